The average molecular weight is 1500 g/mol. The van der Waals surface area contributed by atoms with Crippen molar-refractivity contribution in [2.75, 3.05) is 7.11 Å². The maximum atomic E-state index is 11.3. The summed E-state index contributed by atoms with van der Waals surface area (Å²) in [7, 11) is 1.33. The van der Waals surface area contributed by atoms with Crippen molar-refractivity contribution in [2.24, 2.45) is 0 Å². The molecule has 0 saturated heterocycles. The van der Waals surface area contributed by atoms with Crippen molar-refractivity contribution in [2.45, 2.75) is 13.8 Å². The number of methoxy groups -OCH3 is 1. The topological polar surface area (TPSA) is 273 Å². The van der Waals surface area contributed by atoms with E-state index in [0.717, 1.165) is 31.1 Å². The van der Waals surface area contributed by atoms with Crippen LogP contribution < -0.4 is 110 Å². The van der Waals surface area contributed by atoms with Crippen molar-refractivity contribution < 1.29 is 153 Å². The number of carboxylic acids is 4. The Hall–Kier alpha value is -7.43. The summed E-state index contributed by atoms with van der Waals surface area (Å²) in [5.74, 6) is -5.08. The fraction of sp³-hybridized carbons (Fsp3) is 0.0517. The van der Waals surface area contributed by atoms with Crippen LogP contribution in [-0.2, 0) is 9.53 Å². The van der Waals surface area contributed by atoms with Gasteiger partial charge >= 0.3 is 96.8 Å². The zero-order chi connectivity index (χ0) is 56.7. The van der Waals surface area contributed by atoms with Crippen LogP contribution in [0.4, 0.5) is 5.69 Å². The molecule has 0 unspecified atom stereocenters. The van der Waals surface area contributed by atoms with E-state index in [-0.39, 0.29) is 45.7 Å². The molecule has 8 aromatic carbocycles. The number of nitro benzene ring substituents is 1. The van der Waals surface area contributed by atoms with Gasteiger partial charge in [0.1, 0.15) is 5.75 Å². The monoisotopic (exact) mass is 1500 g/mol. The fourth-order valence-electron chi connectivity index (χ4n) is 6.19. The zero-order valence-electron chi connectivity index (χ0n) is 41.1. The number of aromatic carboxylic acids is 4. The summed E-state index contributed by atoms with van der Waals surface area (Å²) in [6.45, 7) is 2.87. The van der Waals surface area contributed by atoms with Crippen molar-refractivity contribution >= 4 is 47.3 Å². The van der Waals surface area contributed by atoms with Crippen molar-refractivity contribution in [3.05, 3.63) is 266 Å². The lowest BCUT2D eigenvalue weighted by molar-refractivity contribution is -0.598. The number of rotatable bonds is 16. The molecule has 0 aliphatic carbocycles. The van der Waals surface area contributed by atoms with Crippen LogP contribution in [0.15, 0.2) is 194 Å². The first kappa shape index (κ1) is 61.4. The Morgan fingerprint density at radius 1 is 0.410 bits per heavy atom. The zero-order valence-corrected chi connectivity index (χ0v) is 49.7. The smallest absolute Gasteiger partial charge is 0.358 e. The quantitative estimate of drug-likeness (QED) is 0.0217. The molecule has 0 aliphatic heterocycles. The molecular formula is C58H41I4NO15. The van der Waals surface area contributed by atoms with Crippen LogP contribution >= 0.6 is 0 Å². The van der Waals surface area contributed by atoms with E-state index < -0.39 is 114 Å². The summed E-state index contributed by atoms with van der Waals surface area (Å²) in [5, 5.41) is 54.8. The van der Waals surface area contributed by atoms with Crippen molar-refractivity contribution in [1.82, 2.24) is 0 Å². The van der Waals surface area contributed by atoms with Gasteiger partial charge in [-0.3, -0.25) is 19.7 Å². The predicted octanol–water partition coefficient (Wildman–Crippen LogP) is -7.46. The van der Waals surface area contributed by atoms with Gasteiger partial charge < -0.3 is 49.1 Å². The highest BCUT2D eigenvalue weighted by Gasteiger charge is 2.25. The third-order valence-electron chi connectivity index (χ3n) is 9.83. The maximum absolute atomic E-state index is 11.3. The maximum Gasteiger partial charge on any atom is 0.358 e. The molecule has 0 spiro atoms. The van der Waals surface area contributed by atoms with Crippen molar-refractivity contribution in [3.63, 3.8) is 0 Å². The summed E-state index contributed by atoms with van der Waals surface area (Å²) >= 11 is -2.55. The minimum absolute atomic E-state index is 0.0277. The molecule has 0 saturated carbocycles. The van der Waals surface area contributed by atoms with Gasteiger partial charge in [-0.1, -0.05) is 54.6 Å². The van der Waals surface area contributed by atoms with Crippen LogP contribution in [0, 0.1) is 38.7 Å². The second-order valence-electron chi connectivity index (χ2n) is 15.3. The first-order valence-electron chi connectivity index (χ1n) is 22.5. The summed E-state index contributed by atoms with van der Waals surface area (Å²) in [5.41, 5.74) is 1.55. The van der Waals surface area contributed by atoms with E-state index in [1.807, 2.05) is 91.0 Å². The molecule has 20 heteroatoms. The molecule has 0 radical (unpaired) electrons. The first-order valence-corrected chi connectivity index (χ1v) is 31.1. The average Bonchev–Trinajstić information content (AvgIpc) is 3.44. The molecular weight excluding hydrogens is 1460 g/mol. The number of carbonyl (C=O) groups is 7. The molecule has 0 atom stereocenters. The van der Waals surface area contributed by atoms with Gasteiger partial charge in [-0.15, -0.1) is 0 Å². The Balaban J connectivity index is 0.000000192. The van der Waals surface area contributed by atoms with E-state index in [9.17, 15) is 64.1 Å². The van der Waals surface area contributed by atoms with Gasteiger partial charge in [0.05, 0.1) is 63.7 Å². The second kappa shape index (κ2) is 31.1. The van der Waals surface area contributed by atoms with Crippen LogP contribution in [0.5, 0.6) is 5.75 Å². The Labute approximate surface area is 488 Å². The van der Waals surface area contributed by atoms with E-state index in [1.165, 1.54) is 33.1 Å². The fourth-order valence-corrected chi connectivity index (χ4v) is 16.1. The summed E-state index contributed by atoms with van der Waals surface area (Å²) < 4.78 is 16.8. The molecule has 0 fully saturated rings. The molecule has 0 bridgehead atoms. The molecule has 0 aliphatic rings. The number of benzene rings is 8. The Bertz CT molecular complexity index is 3430. The van der Waals surface area contributed by atoms with Crippen LogP contribution in [0.1, 0.15) is 76.0 Å². The lowest BCUT2D eigenvalue weighted by Crippen LogP contribution is -3.61. The Morgan fingerprint density at radius 2 is 0.756 bits per heavy atom. The largest absolute Gasteiger partial charge is 0.545 e. The van der Waals surface area contributed by atoms with E-state index in [2.05, 4.69) is 4.74 Å². The number of nitro groups is 1. The number of carbonyl (C=O) groups excluding carboxylic acids is 7. The number of ether oxygens (including phenoxy) is 2. The Morgan fingerprint density at radius 3 is 1.12 bits per heavy atom. The third-order valence-corrected chi connectivity index (χ3v) is 21.3. The number of non-ortho nitro benzene ring substituents is 1. The highest BCUT2D eigenvalue weighted by atomic mass is 127. The summed E-state index contributed by atoms with van der Waals surface area (Å²) in [4.78, 5) is 87.5. The lowest BCUT2D eigenvalue weighted by atomic mass is 10.2. The van der Waals surface area contributed by atoms with Gasteiger partial charge in [-0.25, -0.2) is 4.79 Å². The van der Waals surface area contributed by atoms with E-state index in [4.69, 9.17) is 4.74 Å². The normalized spacial score (nSPS) is 10.1. The van der Waals surface area contributed by atoms with Gasteiger partial charge in [0.25, 0.3) is 5.69 Å². The molecule has 16 nitrogen and oxygen atoms in total. The highest BCUT2D eigenvalue weighted by molar-refractivity contribution is 5.94. The molecule has 0 aromatic heterocycles. The number of Topliss-reactive ketones (excluding diaryl/α,β-unsaturated/α-hetero) is 1. The Kier molecular flexibility index (Phi) is 24.5. The molecule has 8 rings (SSSR count). The minimum atomic E-state index is -1.38. The number of hydrogen-bond acceptors (Lipinski definition) is 15. The van der Waals surface area contributed by atoms with Crippen LogP contribution in [0.25, 0.3) is 0 Å². The first-order chi connectivity index (χ1) is 37.3. The predicted molar refractivity (Wildman–Crippen MR) is 258 cm³/mol. The van der Waals surface area contributed by atoms with Gasteiger partial charge in [-0.2, -0.15) is 0 Å². The lowest BCUT2D eigenvalue weighted by Gasteiger charge is -2.01. The van der Waals surface area contributed by atoms with Gasteiger partial charge in [0, 0.05) is 24.6 Å². The van der Waals surface area contributed by atoms with Crippen LogP contribution in [0.3, 0.4) is 0 Å². The second-order valence-corrected chi connectivity index (χ2v) is 27.1. The molecule has 0 N–H and O–H groups in total. The number of halogens is 4. The summed E-state index contributed by atoms with van der Waals surface area (Å²) in [6.07, 6.45) is 0. The third kappa shape index (κ3) is 19.5. The number of esters is 2. The highest BCUT2D eigenvalue weighted by Crippen LogP contribution is 2.13. The molecule has 396 valence electrons. The van der Waals surface area contributed by atoms with E-state index >= 15 is 0 Å². The van der Waals surface area contributed by atoms with Crippen molar-refractivity contribution in [1.29, 1.82) is 0 Å². The molecule has 78 heavy (non-hydrogen) atoms. The molecule has 8 aromatic rings. The number of nitrogens with zero attached hydrogens (tertiary/aromatic N) is 1. The van der Waals surface area contributed by atoms with Crippen molar-refractivity contribution in [3.8, 4) is 5.75 Å². The van der Waals surface area contributed by atoms with Crippen LogP contribution in [0.2, 0.25) is 0 Å². The standard InChI is InChI=1S/2C15H11IO4.C15H11IO3.C13H8INO4/c1-20-15(19)10-6-8-11(9-7-10)16-13-5-3-2-4-12(13)14(17)18;1-10(17)20-12-8-6-11(7-9-12)16-14-5-3-2-4-13(14)15(18)19;1-10(17)11-6-8-12(9-7-11)16-14-5-3-2-4-13(14)15(18)19;16-13(17)11-8-10(15(18)19)6-7-12(11)14-9-4-2-1-3-5-9/h2*2-9H,1H3;2-9H,1H3;1-8H. The number of hydrogen-bond donors (Lipinski definition) is 0. The number of carboxylic acid groups (broad SMARTS) is 4. The molecule has 0 heterocycles. The summed E-state index contributed by atoms with van der Waals surface area (Å²) in [6, 6.07) is 55.4. The van der Waals surface area contributed by atoms with Gasteiger partial charge in [-0.05, 0) is 134 Å². The SMILES string of the molecule is CC(=O)Oc1ccc([I+]c2ccccc2C(=O)[O-])cc1.CC(=O)c1ccc([I+]c2ccccc2C(=O)[O-])cc1.COC(=O)c1ccc([I+]c2ccccc2C(=O)[O-])cc1.O=C([O-])c1cc([N+](=O)[O-])ccc1[I+]c1ccccc1. The van der Waals surface area contributed by atoms with Crippen LogP contribution in [-0.4, -0.2) is 53.6 Å². The minimum Gasteiger partial charge on any atom is -0.545 e. The number of ketones is 1. The van der Waals surface area contributed by atoms with E-state index in [0.29, 0.717) is 20.4 Å². The van der Waals surface area contributed by atoms with Gasteiger partial charge in [0.15, 0.2) is 20.1 Å². The van der Waals surface area contributed by atoms with Gasteiger partial charge in [0.2, 0.25) is 14.3 Å². The molecule has 0 amide bonds. The van der Waals surface area contributed by atoms with E-state index in [1.54, 1.807) is 84.9 Å².